The molecule has 140 valence electrons. The number of hydrogen-bond acceptors (Lipinski definition) is 4. The van der Waals surface area contributed by atoms with Gasteiger partial charge in [-0.2, -0.15) is 0 Å². The minimum atomic E-state index is 0.0252. The second-order valence-electron chi connectivity index (χ2n) is 6.96. The Kier molecular flexibility index (Phi) is 5.54. The number of Topliss-reactive ketones (excluding diaryl/α,β-unsaturated/α-hetero) is 1. The van der Waals surface area contributed by atoms with Crippen LogP contribution in [0.3, 0.4) is 0 Å². The summed E-state index contributed by atoms with van der Waals surface area (Å²) in [5, 5.41) is 15.0. The van der Waals surface area contributed by atoms with Gasteiger partial charge in [0.25, 0.3) is 0 Å². The number of nitrogens with two attached hydrogens (primary N) is 2. The molecule has 0 radical (unpaired) electrons. The molecule has 3 rings (SSSR count). The maximum absolute atomic E-state index is 12.0. The average molecular weight is 363 g/mol. The first-order valence-corrected chi connectivity index (χ1v) is 9.06. The zero-order chi connectivity index (χ0) is 19.4. The van der Waals surface area contributed by atoms with Crippen LogP contribution in [0.5, 0.6) is 0 Å². The highest BCUT2D eigenvalue weighted by atomic mass is 16.1. The van der Waals surface area contributed by atoms with Crippen LogP contribution in [-0.4, -0.2) is 34.9 Å². The maximum atomic E-state index is 12.0. The van der Waals surface area contributed by atoms with E-state index < -0.39 is 0 Å². The number of ketones is 1. The molecular formula is C21H25N5O. The van der Waals surface area contributed by atoms with Crippen molar-refractivity contribution in [3.8, 4) is 0 Å². The number of hydrogen-bond donors (Lipinski definition) is 4. The number of nitrogens with zero attached hydrogens (tertiary/aromatic N) is 1. The Morgan fingerprint density at radius 3 is 2.11 bits per heavy atom. The molecule has 0 bridgehead atoms. The molecule has 0 aromatic carbocycles. The van der Waals surface area contributed by atoms with Gasteiger partial charge in [-0.1, -0.05) is 42.5 Å². The third-order valence-electron chi connectivity index (χ3n) is 4.94. The van der Waals surface area contributed by atoms with Gasteiger partial charge in [-0.05, 0) is 24.0 Å². The van der Waals surface area contributed by atoms with Gasteiger partial charge in [0, 0.05) is 36.7 Å². The van der Waals surface area contributed by atoms with E-state index in [9.17, 15) is 4.79 Å². The number of nitrogens with one attached hydrogen (secondary N) is 2. The molecule has 1 aliphatic heterocycles. The fourth-order valence-corrected chi connectivity index (χ4v) is 3.39. The fourth-order valence-electron chi connectivity index (χ4n) is 3.39. The second-order valence-corrected chi connectivity index (χ2v) is 6.96. The first-order valence-electron chi connectivity index (χ1n) is 9.06. The molecule has 3 aliphatic rings. The number of carbonyl (C=O) groups excluding carboxylic acids is 1. The van der Waals surface area contributed by atoms with E-state index in [0.717, 1.165) is 28.7 Å². The zero-order valence-electron chi connectivity index (χ0n) is 15.2. The minimum absolute atomic E-state index is 0.0252. The Bertz CT molecular complexity index is 854. The molecule has 6 heteroatoms. The lowest BCUT2D eigenvalue weighted by Gasteiger charge is -2.33. The summed E-state index contributed by atoms with van der Waals surface area (Å²) in [6.45, 7) is 0.701. The van der Waals surface area contributed by atoms with Crippen molar-refractivity contribution in [3.63, 3.8) is 0 Å². The third-order valence-corrected chi connectivity index (χ3v) is 4.94. The Morgan fingerprint density at radius 2 is 1.59 bits per heavy atom. The van der Waals surface area contributed by atoms with Crippen LogP contribution >= 0.6 is 0 Å². The monoisotopic (exact) mass is 363 g/mol. The van der Waals surface area contributed by atoms with Crippen LogP contribution in [0.4, 0.5) is 0 Å². The standard InChI is InChI=1S/C21H25N5O/c22-20(23)16-5-1-14(2-6-16)11-18-12-19(27)9-10-26(18)13-15-3-7-17(8-4-15)21(24)25/h1,3,5-8,11,13,18H,2,4,9-10,12H2,(H3,22,23)(H3,24,25)/b14-11+,15-13+. The molecular weight excluding hydrogens is 338 g/mol. The van der Waals surface area contributed by atoms with Crippen molar-refractivity contribution in [2.45, 2.75) is 31.7 Å². The van der Waals surface area contributed by atoms with E-state index in [2.05, 4.69) is 17.2 Å². The molecule has 0 aromatic rings. The molecule has 27 heavy (non-hydrogen) atoms. The van der Waals surface area contributed by atoms with Gasteiger partial charge in [0.1, 0.15) is 17.5 Å². The lowest BCUT2D eigenvalue weighted by atomic mass is 9.94. The molecule has 0 amide bonds. The van der Waals surface area contributed by atoms with E-state index in [0.29, 0.717) is 25.8 Å². The SMILES string of the molecule is N=C(N)C1=CC/C(=C/C2CC(=O)CCN2/C=C2\C=CC(C(=N)N)=CC2)C=C1. The molecule has 1 atom stereocenters. The average Bonchev–Trinajstić information content (AvgIpc) is 2.65. The lowest BCUT2D eigenvalue weighted by molar-refractivity contribution is -0.121. The first-order chi connectivity index (χ1) is 12.9. The lowest BCUT2D eigenvalue weighted by Crippen LogP contribution is -2.38. The summed E-state index contributed by atoms with van der Waals surface area (Å²) >= 11 is 0. The van der Waals surface area contributed by atoms with Crippen molar-refractivity contribution in [3.05, 3.63) is 71.0 Å². The Labute approximate surface area is 159 Å². The molecule has 2 aliphatic carbocycles. The van der Waals surface area contributed by atoms with E-state index >= 15 is 0 Å². The van der Waals surface area contributed by atoms with E-state index in [1.165, 1.54) is 0 Å². The Balaban J connectivity index is 1.74. The van der Waals surface area contributed by atoms with Crippen molar-refractivity contribution in [2.75, 3.05) is 6.54 Å². The number of amidine groups is 2. The predicted molar refractivity (Wildman–Crippen MR) is 108 cm³/mol. The van der Waals surface area contributed by atoms with Crippen molar-refractivity contribution >= 4 is 17.5 Å². The fraction of sp³-hybridized carbons (Fsp3) is 0.286. The van der Waals surface area contributed by atoms with Gasteiger partial charge in [0.15, 0.2) is 0 Å². The van der Waals surface area contributed by atoms with Crippen LogP contribution < -0.4 is 11.5 Å². The van der Waals surface area contributed by atoms with Crippen molar-refractivity contribution in [1.82, 2.24) is 4.90 Å². The minimum Gasteiger partial charge on any atom is -0.384 e. The molecule has 0 saturated carbocycles. The second kappa shape index (κ2) is 8.03. The third kappa shape index (κ3) is 4.73. The molecule has 1 unspecified atom stereocenters. The van der Waals surface area contributed by atoms with Gasteiger partial charge in [-0.15, -0.1) is 0 Å². The molecule has 0 spiro atoms. The Hall–Kier alpha value is -3.15. The van der Waals surface area contributed by atoms with E-state index in [4.69, 9.17) is 22.3 Å². The van der Waals surface area contributed by atoms with Crippen LogP contribution in [0.2, 0.25) is 0 Å². The van der Waals surface area contributed by atoms with Gasteiger partial charge in [0.05, 0.1) is 6.04 Å². The van der Waals surface area contributed by atoms with Gasteiger partial charge < -0.3 is 16.4 Å². The number of rotatable bonds is 4. The maximum Gasteiger partial charge on any atom is 0.137 e. The summed E-state index contributed by atoms with van der Waals surface area (Å²) in [6.07, 6.45) is 18.3. The molecule has 6 N–H and O–H groups in total. The van der Waals surface area contributed by atoms with Crippen LogP contribution in [-0.2, 0) is 4.79 Å². The molecule has 0 aromatic heterocycles. The van der Waals surface area contributed by atoms with Crippen LogP contribution in [0, 0.1) is 10.8 Å². The largest absolute Gasteiger partial charge is 0.384 e. The molecule has 1 heterocycles. The Morgan fingerprint density at radius 1 is 1.00 bits per heavy atom. The normalized spacial score (nSPS) is 25.6. The van der Waals surface area contributed by atoms with Crippen LogP contribution in [0.25, 0.3) is 0 Å². The number of allylic oxidation sites excluding steroid dienone is 6. The quantitative estimate of drug-likeness (QED) is 0.453. The van der Waals surface area contributed by atoms with E-state index in [1.54, 1.807) is 0 Å². The summed E-state index contributed by atoms with van der Waals surface area (Å²) in [6, 6.07) is 0.0252. The summed E-state index contributed by atoms with van der Waals surface area (Å²) < 4.78 is 0. The van der Waals surface area contributed by atoms with Crippen molar-refractivity contribution in [1.29, 1.82) is 10.8 Å². The van der Waals surface area contributed by atoms with Gasteiger partial charge in [-0.3, -0.25) is 15.6 Å². The van der Waals surface area contributed by atoms with E-state index in [1.807, 2.05) is 36.5 Å². The highest BCUT2D eigenvalue weighted by Crippen LogP contribution is 2.24. The summed E-state index contributed by atoms with van der Waals surface area (Å²) in [5.74, 6) is 0.439. The van der Waals surface area contributed by atoms with Crippen LogP contribution in [0.15, 0.2) is 71.0 Å². The number of carbonyl (C=O) groups is 1. The molecule has 1 saturated heterocycles. The summed E-state index contributed by atoms with van der Waals surface area (Å²) in [5.41, 5.74) is 14.8. The van der Waals surface area contributed by atoms with E-state index in [-0.39, 0.29) is 23.5 Å². The highest BCUT2D eigenvalue weighted by Gasteiger charge is 2.24. The zero-order valence-corrected chi connectivity index (χ0v) is 15.2. The summed E-state index contributed by atoms with van der Waals surface area (Å²) in [7, 11) is 0. The van der Waals surface area contributed by atoms with Gasteiger partial charge >= 0.3 is 0 Å². The van der Waals surface area contributed by atoms with Gasteiger partial charge in [0.2, 0.25) is 0 Å². The topological polar surface area (TPSA) is 120 Å². The molecule has 6 nitrogen and oxygen atoms in total. The van der Waals surface area contributed by atoms with Crippen LogP contribution in [0.1, 0.15) is 25.7 Å². The summed E-state index contributed by atoms with van der Waals surface area (Å²) in [4.78, 5) is 14.2. The first kappa shape index (κ1) is 18.6. The molecule has 1 fully saturated rings. The van der Waals surface area contributed by atoms with Crippen molar-refractivity contribution < 1.29 is 4.79 Å². The number of likely N-dealkylation sites (tertiary alicyclic amines) is 1. The predicted octanol–water partition coefficient (Wildman–Crippen LogP) is 2.47. The van der Waals surface area contributed by atoms with Gasteiger partial charge in [-0.25, -0.2) is 0 Å². The highest BCUT2D eigenvalue weighted by molar-refractivity contribution is 5.98. The number of piperidine rings is 1. The smallest absolute Gasteiger partial charge is 0.137 e. The van der Waals surface area contributed by atoms with Crippen molar-refractivity contribution in [2.24, 2.45) is 11.5 Å².